The SMILES string of the molecule is c1ccc2c(c1)nc1n2CCC1.c1ccc2c(c1)nc1n2CCC1. The molecule has 2 aromatic heterocycles. The predicted molar refractivity (Wildman–Crippen MR) is 96.1 cm³/mol. The predicted octanol–water partition coefficient (Wildman–Crippen LogP) is 3.97. The molecule has 2 aliphatic heterocycles. The molecule has 4 nitrogen and oxygen atoms in total. The Balaban J connectivity index is 0.000000109. The first-order chi connectivity index (χ1) is 11.9. The monoisotopic (exact) mass is 316 g/mol. The molecule has 0 aliphatic carbocycles. The fraction of sp³-hybridized carbons (Fsp3) is 0.300. The van der Waals surface area contributed by atoms with E-state index in [1.807, 2.05) is 12.1 Å². The summed E-state index contributed by atoms with van der Waals surface area (Å²) in [7, 11) is 0. The number of rotatable bonds is 0. The summed E-state index contributed by atoms with van der Waals surface area (Å²) in [6.07, 6.45) is 4.81. The van der Waals surface area contributed by atoms with Crippen molar-refractivity contribution in [3.05, 3.63) is 60.2 Å². The van der Waals surface area contributed by atoms with Crippen molar-refractivity contribution in [1.29, 1.82) is 0 Å². The van der Waals surface area contributed by atoms with Gasteiger partial charge in [-0.2, -0.15) is 0 Å². The topological polar surface area (TPSA) is 35.6 Å². The van der Waals surface area contributed by atoms with Crippen LogP contribution in [0.25, 0.3) is 22.1 Å². The number of imidazole rings is 2. The second-order valence-corrected chi connectivity index (χ2v) is 6.54. The smallest absolute Gasteiger partial charge is 0.109 e. The maximum Gasteiger partial charge on any atom is 0.109 e. The van der Waals surface area contributed by atoms with E-state index in [1.54, 1.807) is 0 Å². The van der Waals surface area contributed by atoms with Crippen LogP contribution in [0.1, 0.15) is 24.5 Å². The molecule has 0 saturated heterocycles. The molecule has 0 radical (unpaired) electrons. The van der Waals surface area contributed by atoms with Crippen molar-refractivity contribution in [2.24, 2.45) is 0 Å². The van der Waals surface area contributed by atoms with Crippen molar-refractivity contribution in [1.82, 2.24) is 19.1 Å². The lowest BCUT2D eigenvalue weighted by atomic mass is 10.3. The molecule has 0 bridgehead atoms. The van der Waals surface area contributed by atoms with E-state index in [1.165, 1.54) is 35.5 Å². The Morgan fingerprint density at radius 3 is 1.58 bits per heavy atom. The van der Waals surface area contributed by atoms with Gasteiger partial charge in [0.2, 0.25) is 0 Å². The van der Waals surface area contributed by atoms with Gasteiger partial charge in [0, 0.05) is 25.9 Å². The molecule has 0 unspecified atom stereocenters. The number of hydrogen-bond donors (Lipinski definition) is 0. The number of aromatic nitrogens is 4. The number of benzene rings is 2. The minimum atomic E-state index is 1.15. The molecule has 120 valence electrons. The van der Waals surface area contributed by atoms with Crippen molar-refractivity contribution >= 4 is 22.1 Å². The van der Waals surface area contributed by atoms with Crippen molar-refractivity contribution in [3.8, 4) is 0 Å². The summed E-state index contributed by atoms with van der Waals surface area (Å²) in [4.78, 5) is 9.11. The highest BCUT2D eigenvalue weighted by Crippen LogP contribution is 2.22. The van der Waals surface area contributed by atoms with Gasteiger partial charge in [0.25, 0.3) is 0 Å². The third kappa shape index (κ3) is 2.13. The van der Waals surface area contributed by atoms with E-state index in [9.17, 15) is 0 Å². The van der Waals surface area contributed by atoms with Crippen molar-refractivity contribution in [2.45, 2.75) is 38.8 Å². The van der Waals surface area contributed by atoms with Gasteiger partial charge >= 0.3 is 0 Å². The second kappa shape index (κ2) is 5.48. The zero-order valence-corrected chi connectivity index (χ0v) is 13.7. The van der Waals surface area contributed by atoms with Crippen molar-refractivity contribution in [3.63, 3.8) is 0 Å². The molecule has 2 aromatic carbocycles. The summed E-state index contributed by atoms with van der Waals surface area (Å²) >= 11 is 0. The lowest BCUT2D eigenvalue weighted by Gasteiger charge is -1.95. The molecule has 2 aliphatic rings. The van der Waals surface area contributed by atoms with Crippen LogP contribution in [-0.4, -0.2) is 19.1 Å². The first-order valence-electron chi connectivity index (χ1n) is 8.78. The molecule has 4 heterocycles. The summed E-state index contributed by atoms with van der Waals surface area (Å²) in [5, 5.41) is 0. The van der Waals surface area contributed by atoms with Gasteiger partial charge in [-0.1, -0.05) is 24.3 Å². The molecule has 0 spiro atoms. The minimum absolute atomic E-state index is 1.15. The number of aryl methyl sites for hydroxylation is 4. The van der Waals surface area contributed by atoms with Gasteiger partial charge in [0.1, 0.15) is 11.6 Å². The quantitative estimate of drug-likeness (QED) is 0.492. The fourth-order valence-corrected chi connectivity index (χ4v) is 3.92. The molecule has 0 fully saturated rings. The maximum absolute atomic E-state index is 4.56. The summed E-state index contributed by atoms with van der Waals surface area (Å²) in [5.74, 6) is 2.52. The average molecular weight is 316 g/mol. The minimum Gasteiger partial charge on any atom is -0.328 e. The summed E-state index contributed by atoms with van der Waals surface area (Å²) in [5.41, 5.74) is 4.88. The summed E-state index contributed by atoms with van der Waals surface area (Å²) < 4.78 is 4.66. The molecule has 24 heavy (non-hydrogen) atoms. The lowest BCUT2D eigenvalue weighted by Crippen LogP contribution is -1.90. The molecule has 0 N–H and O–H groups in total. The molecule has 0 atom stereocenters. The molecular formula is C20H20N4. The van der Waals surface area contributed by atoms with E-state index < -0.39 is 0 Å². The number of hydrogen-bond acceptors (Lipinski definition) is 2. The van der Waals surface area contributed by atoms with E-state index in [4.69, 9.17) is 0 Å². The molecule has 0 amide bonds. The molecule has 4 heteroatoms. The fourth-order valence-electron chi connectivity index (χ4n) is 3.92. The zero-order chi connectivity index (χ0) is 15.9. The molecule has 0 saturated carbocycles. The first-order valence-corrected chi connectivity index (χ1v) is 8.78. The van der Waals surface area contributed by atoms with E-state index in [0.717, 1.165) is 37.0 Å². The second-order valence-electron chi connectivity index (χ2n) is 6.54. The van der Waals surface area contributed by atoms with Crippen LogP contribution >= 0.6 is 0 Å². The van der Waals surface area contributed by atoms with Crippen LogP contribution in [0.5, 0.6) is 0 Å². The van der Waals surface area contributed by atoms with Crippen molar-refractivity contribution in [2.75, 3.05) is 0 Å². The molecule has 6 rings (SSSR count). The Morgan fingerprint density at radius 2 is 1.08 bits per heavy atom. The Hall–Kier alpha value is -2.62. The van der Waals surface area contributed by atoms with Crippen LogP contribution in [0, 0.1) is 0 Å². The summed E-state index contributed by atoms with van der Waals surface area (Å²) in [6.45, 7) is 2.30. The van der Waals surface area contributed by atoms with Gasteiger partial charge in [-0.25, -0.2) is 9.97 Å². The van der Waals surface area contributed by atoms with Crippen LogP contribution in [0.4, 0.5) is 0 Å². The Morgan fingerprint density at radius 1 is 0.625 bits per heavy atom. The average Bonchev–Trinajstić information content (AvgIpc) is 3.35. The highest BCUT2D eigenvalue weighted by atomic mass is 15.1. The normalized spacial score (nSPS) is 15.3. The van der Waals surface area contributed by atoms with Gasteiger partial charge in [0.15, 0.2) is 0 Å². The molecular weight excluding hydrogens is 296 g/mol. The van der Waals surface area contributed by atoms with Crippen LogP contribution in [-0.2, 0) is 25.9 Å². The largest absolute Gasteiger partial charge is 0.328 e. The van der Waals surface area contributed by atoms with Gasteiger partial charge in [0.05, 0.1) is 22.1 Å². The van der Waals surface area contributed by atoms with E-state index in [2.05, 4.69) is 55.5 Å². The van der Waals surface area contributed by atoms with Gasteiger partial charge in [-0.05, 0) is 37.1 Å². The Bertz CT molecular complexity index is 941. The third-order valence-corrected chi connectivity index (χ3v) is 5.03. The van der Waals surface area contributed by atoms with Crippen LogP contribution in [0.15, 0.2) is 48.5 Å². The van der Waals surface area contributed by atoms with Gasteiger partial charge in [-0.3, -0.25) is 0 Å². The molecule has 4 aromatic rings. The standard InChI is InChI=1S/2C10H10N2/c2*1-2-5-9-8(4-1)11-10-6-3-7-12(9)10/h2*1-2,4-5H,3,6-7H2. The number of nitrogens with zero attached hydrogens (tertiary/aromatic N) is 4. The van der Waals surface area contributed by atoms with Gasteiger partial charge in [-0.15, -0.1) is 0 Å². The lowest BCUT2D eigenvalue weighted by molar-refractivity contribution is 0.771. The van der Waals surface area contributed by atoms with Crippen LogP contribution in [0.3, 0.4) is 0 Å². The zero-order valence-electron chi connectivity index (χ0n) is 13.7. The highest BCUT2D eigenvalue weighted by molar-refractivity contribution is 5.76. The summed E-state index contributed by atoms with van der Waals surface area (Å²) in [6, 6.07) is 16.7. The van der Waals surface area contributed by atoms with Crippen molar-refractivity contribution < 1.29 is 0 Å². The van der Waals surface area contributed by atoms with Crippen LogP contribution in [0.2, 0.25) is 0 Å². The van der Waals surface area contributed by atoms with E-state index in [-0.39, 0.29) is 0 Å². The Labute approximate surface area is 140 Å². The third-order valence-electron chi connectivity index (χ3n) is 5.03. The Kier molecular flexibility index (Phi) is 3.15. The number of fused-ring (bicyclic) bond motifs is 6. The number of para-hydroxylation sites is 4. The maximum atomic E-state index is 4.56. The van der Waals surface area contributed by atoms with Crippen LogP contribution < -0.4 is 0 Å². The van der Waals surface area contributed by atoms with E-state index >= 15 is 0 Å². The highest BCUT2D eigenvalue weighted by Gasteiger charge is 2.15. The van der Waals surface area contributed by atoms with E-state index in [0.29, 0.717) is 0 Å². The van der Waals surface area contributed by atoms with Gasteiger partial charge < -0.3 is 9.13 Å². The first kappa shape index (κ1) is 13.8.